The maximum atomic E-state index is 12.5. The van der Waals surface area contributed by atoms with E-state index in [1.54, 1.807) is 6.07 Å². The van der Waals surface area contributed by atoms with E-state index < -0.39 is 0 Å². The maximum absolute atomic E-state index is 12.5. The Bertz CT molecular complexity index is 805. The van der Waals surface area contributed by atoms with E-state index in [9.17, 15) is 4.79 Å². The summed E-state index contributed by atoms with van der Waals surface area (Å²) in [7, 11) is 0. The molecule has 1 N–H and O–H groups in total. The Morgan fingerprint density at radius 1 is 1.19 bits per heavy atom. The molecule has 1 aliphatic rings. The van der Waals surface area contributed by atoms with Crippen molar-refractivity contribution in [3.63, 3.8) is 0 Å². The molecule has 0 saturated heterocycles. The van der Waals surface area contributed by atoms with Gasteiger partial charge in [0.2, 0.25) is 5.91 Å². The molecule has 1 atom stereocenters. The average Bonchev–Trinajstić information content (AvgIpc) is 2.62. The van der Waals surface area contributed by atoms with Crippen LogP contribution in [0.15, 0.2) is 42.5 Å². The van der Waals surface area contributed by atoms with Gasteiger partial charge in [-0.2, -0.15) is 0 Å². The van der Waals surface area contributed by atoms with Crippen molar-refractivity contribution in [3.8, 4) is 11.5 Å². The zero-order valence-corrected chi connectivity index (χ0v) is 16.8. The molecule has 0 bridgehead atoms. The SMILES string of the molecule is CC(CC(C)(C)c1ccccc1)NC(=O)Cc1cc(Cl)c2c(c1)OCCO2. The molecule has 2 aromatic carbocycles. The summed E-state index contributed by atoms with van der Waals surface area (Å²) in [6.07, 6.45) is 1.11. The molecule has 144 valence electrons. The fourth-order valence-corrected chi connectivity index (χ4v) is 3.89. The van der Waals surface area contributed by atoms with Gasteiger partial charge in [0.15, 0.2) is 11.5 Å². The molecule has 1 amide bonds. The third kappa shape index (κ3) is 4.95. The quantitative estimate of drug-likeness (QED) is 0.792. The second-order valence-electron chi connectivity index (χ2n) is 7.70. The Hall–Kier alpha value is -2.20. The second-order valence-corrected chi connectivity index (χ2v) is 8.11. The lowest BCUT2D eigenvalue weighted by Crippen LogP contribution is -2.38. The van der Waals surface area contributed by atoms with Crippen LogP contribution in [0, 0.1) is 0 Å². The van der Waals surface area contributed by atoms with Crippen LogP contribution < -0.4 is 14.8 Å². The topological polar surface area (TPSA) is 47.6 Å². The molecular weight excluding hydrogens is 362 g/mol. The summed E-state index contributed by atoms with van der Waals surface area (Å²) in [4.78, 5) is 12.5. The Labute approximate surface area is 165 Å². The molecule has 1 unspecified atom stereocenters. The smallest absolute Gasteiger partial charge is 0.224 e. The van der Waals surface area contributed by atoms with Gasteiger partial charge in [0, 0.05) is 6.04 Å². The van der Waals surface area contributed by atoms with Gasteiger partial charge in [-0.3, -0.25) is 4.79 Å². The molecule has 1 aliphatic heterocycles. The summed E-state index contributed by atoms with van der Waals surface area (Å²) in [5, 5.41) is 3.58. The second kappa shape index (κ2) is 8.22. The van der Waals surface area contributed by atoms with Gasteiger partial charge in [0.05, 0.1) is 11.4 Å². The first-order valence-electron chi connectivity index (χ1n) is 9.28. The van der Waals surface area contributed by atoms with Crippen molar-refractivity contribution in [1.82, 2.24) is 5.32 Å². The van der Waals surface area contributed by atoms with Crippen molar-refractivity contribution in [1.29, 1.82) is 0 Å². The van der Waals surface area contributed by atoms with Crippen LogP contribution in [0.4, 0.5) is 0 Å². The van der Waals surface area contributed by atoms with Crippen molar-refractivity contribution in [2.75, 3.05) is 13.2 Å². The molecule has 1 heterocycles. The molecule has 0 aliphatic carbocycles. The largest absolute Gasteiger partial charge is 0.486 e. The number of nitrogens with one attached hydrogen (secondary N) is 1. The minimum absolute atomic E-state index is 0.0196. The van der Waals surface area contributed by atoms with Crippen LogP contribution >= 0.6 is 11.6 Å². The van der Waals surface area contributed by atoms with Crippen LogP contribution in [0.5, 0.6) is 11.5 Å². The van der Waals surface area contributed by atoms with Crippen molar-refractivity contribution in [3.05, 3.63) is 58.6 Å². The van der Waals surface area contributed by atoms with Gasteiger partial charge in [-0.1, -0.05) is 55.8 Å². The van der Waals surface area contributed by atoms with Gasteiger partial charge in [-0.05, 0) is 42.0 Å². The van der Waals surface area contributed by atoms with Crippen molar-refractivity contribution in [2.24, 2.45) is 0 Å². The van der Waals surface area contributed by atoms with Gasteiger partial charge in [0.25, 0.3) is 0 Å². The minimum atomic E-state index is -0.0286. The highest BCUT2D eigenvalue weighted by atomic mass is 35.5. The van der Waals surface area contributed by atoms with Gasteiger partial charge in [-0.15, -0.1) is 0 Å². The number of amides is 1. The lowest BCUT2D eigenvalue weighted by Gasteiger charge is -2.29. The minimum Gasteiger partial charge on any atom is -0.486 e. The number of hydrogen-bond acceptors (Lipinski definition) is 3. The van der Waals surface area contributed by atoms with Crippen LogP contribution in [0.1, 0.15) is 38.3 Å². The van der Waals surface area contributed by atoms with Gasteiger partial charge < -0.3 is 14.8 Å². The molecule has 0 spiro atoms. The number of ether oxygens (including phenoxy) is 2. The zero-order chi connectivity index (χ0) is 19.4. The fourth-order valence-electron chi connectivity index (χ4n) is 3.60. The van der Waals surface area contributed by atoms with Crippen LogP contribution in [-0.2, 0) is 16.6 Å². The summed E-state index contributed by atoms with van der Waals surface area (Å²) in [6.45, 7) is 7.42. The van der Waals surface area contributed by atoms with Gasteiger partial charge in [0.1, 0.15) is 13.2 Å². The predicted molar refractivity (Wildman–Crippen MR) is 108 cm³/mol. The third-order valence-electron chi connectivity index (χ3n) is 4.80. The van der Waals surface area contributed by atoms with Crippen molar-refractivity contribution in [2.45, 2.75) is 45.1 Å². The molecule has 5 heteroatoms. The lowest BCUT2D eigenvalue weighted by atomic mass is 9.79. The standard InChI is InChI=1S/C22H26ClNO3/c1-15(14-22(2,3)17-7-5-4-6-8-17)24-20(25)13-16-11-18(23)21-19(12-16)26-9-10-27-21/h4-8,11-12,15H,9-10,13-14H2,1-3H3,(H,24,25). The highest BCUT2D eigenvalue weighted by Gasteiger charge is 2.24. The van der Waals surface area contributed by atoms with Crippen LogP contribution in [0.2, 0.25) is 5.02 Å². The summed E-state index contributed by atoms with van der Waals surface area (Å²) in [5.74, 6) is 1.14. The van der Waals surface area contributed by atoms with Crippen LogP contribution in [-0.4, -0.2) is 25.2 Å². The van der Waals surface area contributed by atoms with E-state index >= 15 is 0 Å². The lowest BCUT2D eigenvalue weighted by molar-refractivity contribution is -0.121. The Morgan fingerprint density at radius 3 is 2.63 bits per heavy atom. The molecule has 0 radical (unpaired) electrons. The van der Waals surface area contributed by atoms with E-state index in [2.05, 4.69) is 31.3 Å². The number of fused-ring (bicyclic) bond motifs is 1. The normalized spacial score (nSPS) is 14.5. The number of carbonyl (C=O) groups excluding carboxylic acids is 1. The van der Waals surface area contributed by atoms with E-state index in [1.165, 1.54) is 5.56 Å². The first-order chi connectivity index (χ1) is 12.8. The van der Waals surface area contributed by atoms with Crippen LogP contribution in [0.25, 0.3) is 0 Å². The number of carbonyl (C=O) groups is 1. The van der Waals surface area contributed by atoms with E-state index in [1.807, 2.05) is 31.2 Å². The van der Waals surface area contributed by atoms with E-state index in [0.29, 0.717) is 29.7 Å². The fraction of sp³-hybridized carbons (Fsp3) is 0.409. The first-order valence-corrected chi connectivity index (χ1v) is 9.66. The Kier molecular flexibility index (Phi) is 5.95. The molecule has 27 heavy (non-hydrogen) atoms. The predicted octanol–water partition coefficient (Wildman–Crippen LogP) is 4.53. The van der Waals surface area contributed by atoms with Crippen molar-refractivity contribution < 1.29 is 14.3 Å². The first kappa shape index (κ1) is 19.6. The highest BCUT2D eigenvalue weighted by molar-refractivity contribution is 6.32. The molecule has 0 fully saturated rings. The number of rotatable bonds is 6. The molecule has 0 saturated carbocycles. The maximum Gasteiger partial charge on any atom is 0.224 e. The van der Waals surface area contributed by atoms with E-state index in [4.69, 9.17) is 21.1 Å². The molecule has 4 nitrogen and oxygen atoms in total. The number of benzene rings is 2. The van der Waals surface area contributed by atoms with Gasteiger partial charge in [-0.25, -0.2) is 0 Å². The number of halogens is 1. The van der Waals surface area contributed by atoms with Gasteiger partial charge >= 0.3 is 0 Å². The monoisotopic (exact) mass is 387 g/mol. The molecular formula is C22H26ClNO3. The highest BCUT2D eigenvalue weighted by Crippen LogP contribution is 2.38. The number of hydrogen-bond donors (Lipinski definition) is 1. The van der Waals surface area contributed by atoms with E-state index in [0.717, 1.165) is 12.0 Å². The molecule has 2 aromatic rings. The van der Waals surface area contributed by atoms with Crippen molar-refractivity contribution >= 4 is 17.5 Å². The zero-order valence-electron chi connectivity index (χ0n) is 16.0. The summed E-state index contributed by atoms with van der Waals surface area (Å²) < 4.78 is 11.1. The Balaban J connectivity index is 1.60. The summed E-state index contributed by atoms with van der Waals surface area (Å²) >= 11 is 6.25. The molecule has 3 rings (SSSR count). The average molecular weight is 388 g/mol. The Morgan fingerprint density at radius 2 is 1.89 bits per heavy atom. The third-order valence-corrected chi connectivity index (χ3v) is 5.08. The summed E-state index contributed by atoms with van der Waals surface area (Å²) in [5.41, 5.74) is 2.06. The van der Waals surface area contributed by atoms with Crippen LogP contribution in [0.3, 0.4) is 0 Å². The summed E-state index contributed by atoms with van der Waals surface area (Å²) in [6, 6.07) is 14.0. The molecule has 0 aromatic heterocycles. The van der Waals surface area contributed by atoms with E-state index in [-0.39, 0.29) is 23.8 Å².